The average Bonchev–Trinajstić information content (AvgIpc) is 2.29. The average molecular weight is 235 g/mol. The normalized spacial score (nSPS) is 15.0. The van der Waals surface area contributed by atoms with E-state index in [1.165, 1.54) is 0 Å². The molecule has 16 heavy (non-hydrogen) atoms. The van der Waals surface area contributed by atoms with Crippen molar-refractivity contribution >= 4 is 0 Å². The maximum absolute atomic E-state index is 8.62. The standard InChI is InChI=1S/C11H25NO4/c1-10(12-4-5-13)8-16-11(2)9-15-7-6-14-3/h10-13H,4-9H2,1-3H3. The van der Waals surface area contributed by atoms with Gasteiger partial charge in [0.2, 0.25) is 0 Å². The fraction of sp³-hybridized carbons (Fsp3) is 1.00. The smallest absolute Gasteiger partial charge is 0.0781 e. The van der Waals surface area contributed by atoms with Crippen molar-refractivity contribution in [1.29, 1.82) is 0 Å². The quantitative estimate of drug-likeness (QED) is 0.495. The third-order valence-corrected chi connectivity index (χ3v) is 2.02. The highest BCUT2D eigenvalue weighted by molar-refractivity contribution is 4.59. The molecule has 0 aliphatic carbocycles. The molecule has 2 unspecified atom stereocenters. The molecule has 0 aromatic heterocycles. The van der Waals surface area contributed by atoms with Gasteiger partial charge in [0.1, 0.15) is 0 Å². The van der Waals surface area contributed by atoms with Crippen molar-refractivity contribution in [2.24, 2.45) is 0 Å². The molecule has 0 amide bonds. The molecule has 0 saturated carbocycles. The lowest BCUT2D eigenvalue weighted by molar-refractivity contribution is -0.0236. The Bertz CT molecular complexity index is 146. The van der Waals surface area contributed by atoms with Gasteiger partial charge < -0.3 is 24.6 Å². The number of aliphatic hydroxyl groups is 1. The molecule has 98 valence electrons. The third-order valence-electron chi connectivity index (χ3n) is 2.02. The molecule has 2 N–H and O–H groups in total. The molecule has 0 spiro atoms. The molecule has 0 fully saturated rings. The van der Waals surface area contributed by atoms with Crippen LogP contribution in [0.5, 0.6) is 0 Å². The molecule has 0 aromatic carbocycles. The van der Waals surface area contributed by atoms with Crippen LogP contribution in [0.25, 0.3) is 0 Å². The second-order valence-corrected chi connectivity index (χ2v) is 3.79. The molecule has 0 aliphatic heterocycles. The zero-order valence-corrected chi connectivity index (χ0v) is 10.6. The fourth-order valence-electron chi connectivity index (χ4n) is 1.12. The largest absolute Gasteiger partial charge is 0.395 e. The molecule has 0 heterocycles. The van der Waals surface area contributed by atoms with E-state index >= 15 is 0 Å². The number of methoxy groups -OCH3 is 1. The first-order valence-electron chi connectivity index (χ1n) is 5.73. The van der Waals surface area contributed by atoms with E-state index in [4.69, 9.17) is 19.3 Å². The summed E-state index contributed by atoms with van der Waals surface area (Å²) in [5, 5.41) is 11.8. The second kappa shape index (κ2) is 11.3. The lowest BCUT2D eigenvalue weighted by atomic mass is 10.3. The molecule has 0 aromatic rings. The van der Waals surface area contributed by atoms with Gasteiger partial charge in [0.15, 0.2) is 0 Å². The molecule has 0 aliphatic rings. The number of hydrogen-bond acceptors (Lipinski definition) is 5. The summed E-state index contributed by atoms with van der Waals surface area (Å²) < 4.78 is 15.8. The number of nitrogens with one attached hydrogen (secondary N) is 1. The molecule has 0 saturated heterocycles. The van der Waals surface area contributed by atoms with Crippen LogP contribution in [-0.4, -0.2) is 63.9 Å². The van der Waals surface area contributed by atoms with Crippen molar-refractivity contribution in [3.8, 4) is 0 Å². The number of hydrogen-bond donors (Lipinski definition) is 2. The Hall–Kier alpha value is -0.200. The second-order valence-electron chi connectivity index (χ2n) is 3.79. The first-order valence-corrected chi connectivity index (χ1v) is 5.73. The van der Waals surface area contributed by atoms with Crippen LogP contribution in [-0.2, 0) is 14.2 Å². The van der Waals surface area contributed by atoms with Gasteiger partial charge in [-0.25, -0.2) is 0 Å². The van der Waals surface area contributed by atoms with Gasteiger partial charge in [0.25, 0.3) is 0 Å². The molecule has 5 heteroatoms. The van der Waals surface area contributed by atoms with Gasteiger partial charge in [-0.2, -0.15) is 0 Å². The topological polar surface area (TPSA) is 60.0 Å². The monoisotopic (exact) mass is 235 g/mol. The zero-order chi connectivity index (χ0) is 12.2. The highest BCUT2D eigenvalue weighted by atomic mass is 16.5. The van der Waals surface area contributed by atoms with E-state index in [9.17, 15) is 0 Å². The summed E-state index contributed by atoms with van der Waals surface area (Å²) in [5.41, 5.74) is 0. The Morgan fingerprint density at radius 3 is 2.56 bits per heavy atom. The summed E-state index contributed by atoms with van der Waals surface area (Å²) in [6.07, 6.45) is 0.0789. The molecular formula is C11H25NO4. The molecule has 0 bridgehead atoms. The summed E-state index contributed by atoms with van der Waals surface area (Å²) in [6, 6.07) is 0.244. The lowest BCUT2D eigenvalue weighted by Gasteiger charge is -2.17. The fourth-order valence-corrected chi connectivity index (χ4v) is 1.12. The van der Waals surface area contributed by atoms with Crippen molar-refractivity contribution in [1.82, 2.24) is 5.32 Å². The van der Waals surface area contributed by atoms with Gasteiger partial charge in [0, 0.05) is 19.7 Å². The van der Waals surface area contributed by atoms with Crippen LogP contribution in [0.2, 0.25) is 0 Å². The maximum Gasteiger partial charge on any atom is 0.0781 e. The summed E-state index contributed by atoms with van der Waals surface area (Å²) in [4.78, 5) is 0. The molecule has 0 rings (SSSR count). The van der Waals surface area contributed by atoms with E-state index in [1.54, 1.807) is 7.11 Å². The van der Waals surface area contributed by atoms with E-state index < -0.39 is 0 Å². The Morgan fingerprint density at radius 2 is 1.94 bits per heavy atom. The van der Waals surface area contributed by atoms with Crippen molar-refractivity contribution in [2.75, 3.05) is 46.7 Å². The van der Waals surface area contributed by atoms with E-state index in [0.29, 0.717) is 33.0 Å². The van der Waals surface area contributed by atoms with Gasteiger partial charge in [-0.3, -0.25) is 0 Å². The molecule has 0 radical (unpaired) electrons. The van der Waals surface area contributed by atoms with Crippen LogP contribution in [0.3, 0.4) is 0 Å². The molecular weight excluding hydrogens is 210 g/mol. The summed E-state index contributed by atoms with van der Waals surface area (Å²) >= 11 is 0. The lowest BCUT2D eigenvalue weighted by Crippen LogP contribution is -2.34. The molecule has 2 atom stereocenters. The van der Waals surface area contributed by atoms with Crippen LogP contribution >= 0.6 is 0 Å². The highest BCUT2D eigenvalue weighted by Gasteiger charge is 2.06. The summed E-state index contributed by atoms with van der Waals surface area (Å²) in [7, 11) is 1.65. The number of rotatable bonds is 11. The maximum atomic E-state index is 8.62. The predicted octanol–water partition coefficient (Wildman–Crippen LogP) is 0.0249. The zero-order valence-electron chi connectivity index (χ0n) is 10.6. The highest BCUT2D eigenvalue weighted by Crippen LogP contribution is 1.94. The number of ether oxygens (including phenoxy) is 3. The van der Waals surface area contributed by atoms with Crippen LogP contribution in [0, 0.1) is 0 Å². The SMILES string of the molecule is COCCOCC(C)OCC(C)NCCO. The minimum atomic E-state index is 0.0789. The van der Waals surface area contributed by atoms with Crippen LogP contribution in [0.15, 0.2) is 0 Å². The van der Waals surface area contributed by atoms with Crippen molar-refractivity contribution < 1.29 is 19.3 Å². The minimum absolute atomic E-state index is 0.0789. The predicted molar refractivity (Wildman–Crippen MR) is 62.7 cm³/mol. The Labute approximate surface area is 98.1 Å². The van der Waals surface area contributed by atoms with Crippen LogP contribution < -0.4 is 5.32 Å². The van der Waals surface area contributed by atoms with Gasteiger partial charge in [-0.15, -0.1) is 0 Å². The first kappa shape index (κ1) is 15.8. The minimum Gasteiger partial charge on any atom is -0.395 e. The molecule has 5 nitrogen and oxygen atoms in total. The van der Waals surface area contributed by atoms with Gasteiger partial charge >= 0.3 is 0 Å². The van der Waals surface area contributed by atoms with Gasteiger partial charge in [0.05, 0.1) is 39.1 Å². The van der Waals surface area contributed by atoms with Gasteiger partial charge in [-0.05, 0) is 13.8 Å². The number of aliphatic hydroxyl groups excluding tert-OH is 1. The summed E-state index contributed by atoms with van der Waals surface area (Å²) in [5.74, 6) is 0. The van der Waals surface area contributed by atoms with Crippen molar-refractivity contribution in [3.63, 3.8) is 0 Å². The van der Waals surface area contributed by atoms with Crippen LogP contribution in [0.1, 0.15) is 13.8 Å². The Balaban J connectivity index is 3.31. The van der Waals surface area contributed by atoms with Crippen molar-refractivity contribution in [3.05, 3.63) is 0 Å². The first-order chi connectivity index (χ1) is 7.70. The van der Waals surface area contributed by atoms with E-state index in [-0.39, 0.29) is 18.8 Å². The van der Waals surface area contributed by atoms with Crippen molar-refractivity contribution in [2.45, 2.75) is 26.0 Å². The third kappa shape index (κ3) is 10.3. The van der Waals surface area contributed by atoms with Gasteiger partial charge in [-0.1, -0.05) is 0 Å². The van der Waals surface area contributed by atoms with E-state index in [2.05, 4.69) is 5.32 Å². The summed E-state index contributed by atoms with van der Waals surface area (Å²) in [6.45, 7) is 7.16. The van der Waals surface area contributed by atoms with E-state index in [0.717, 1.165) is 0 Å². The Kier molecular flexibility index (Phi) is 11.1. The van der Waals surface area contributed by atoms with E-state index in [1.807, 2.05) is 13.8 Å². The van der Waals surface area contributed by atoms with Crippen LogP contribution in [0.4, 0.5) is 0 Å². The Morgan fingerprint density at radius 1 is 1.19 bits per heavy atom.